The molecule has 0 aromatic heterocycles. The summed E-state index contributed by atoms with van der Waals surface area (Å²) in [5.41, 5.74) is 0.650. The summed E-state index contributed by atoms with van der Waals surface area (Å²) in [6.07, 6.45) is 3.56. The fraction of sp³-hybridized carbons (Fsp3) is 0.429. The Morgan fingerprint density at radius 1 is 1.56 bits per heavy atom. The summed E-state index contributed by atoms with van der Waals surface area (Å²) in [5, 5.41) is 16.8. The normalized spacial score (nSPS) is 24.2. The van der Waals surface area contributed by atoms with Gasteiger partial charge in [0.05, 0.1) is 18.1 Å². The van der Waals surface area contributed by atoms with E-state index in [-0.39, 0.29) is 5.92 Å². The van der Waals surface area contributed by atoms with Crippen LogP contribution in [0.25, 0.3) is 0 Å². The van der Waals surface area contributed by atoms with Crippen LogP contribution in [-0.2, 0) is 0 Å². The molecule has 1 aliphatic carbocycles. The van der Waals surface area contributed by atoms with Crippen molar-refractivity contribution >= 4 is 0 Å². The number of nitrogens with zero attached hydrogens (tertiary/aromatic N) is 2. The molecule has 0 N–H and O–H groups in total. The van der Waals surface area contributed by atoms with Crippen molar-refractivity contribution in [2.75, 3.05) is 0 Å². The van der Waals surface area contributed by atoms with Gasteiger partial charge in [0.25, 0.3) is 0 Å². The van der Waals surface area contributed by atoms with E-state index in [2.05, 4.69) is 6.07 Å². The van der Waals surface area contributed by atoms with E-state index in [1.54, 1.807) is 0 Å². The molecule has 0 aromatic carbocycles. The quantitative estimate of drug-likeness (QED) is 0.482. The molecule has 44 valence electrons. The van der Waals surface area contributed by atoms with Crippen molar-refractivity contribution in [2.24, 2.45) is 5.92 Å². The zero-order valence-corrected chi connectivity index (χ0v) is 4.96. The molecular weight excluding hydrogens is 112 g/mol. The van der Waals surface area contributed by atoms with Crippen LogP contribution >= 0.6 is 0 Å². The van der Waals surface area contributed by atoms with Crippen LogP contribution in [0.5, 0.6) is 0 Å². The van der Waals surface area contributed by atoms with Gasteiger partial charge in [0.15, 0.2) is 0 Å². The van der Waals surface area contributed by atoms with E-state index in [1.165, 1.54) is 0 Å². The van der Waals surface area contributed by atoms with Crippen LogP contribution in [0, 0.1) is 28.6 Å². The lowest BCUT2D eigenvalue weighted by Gasteiger charge is -1.92. The lowest BCUT2D eigenvalue weighted by molar-refractivity contribution is 0.768. The summed E-state index contributed by atoms with van der Waals surface area (Å²) in [7, 11) is 0. The van der Waals surface area contributed by atoms with Crippen molar-refractivity contribution in [3.8, 4) is 12.1 Å². The zero-order valence-electron chi connectivity index (χ0n) is 4.96. The minimum absolute atomic E-state index is 0.116. The molecule has 0 radical (unpaired) electrons. The second kappa shape index (κ2) is 2.33. The number of rotatable bonds is 0. The Kier molecular flexibility index (Phi) is 1.51. The van der Waals surface area contributed by atoms with Gasteiger partial charge in [0, 0.05) is 5.57 Å². The molecular formula is C7H6N2. The molecule has 0 fully saturated rings. The van der Waals surface area contributed by atoms with Crippen molar-refractivity contribution in [1.82, 2.24) is 0 Å². The molecule has 0 aromatic rings. The van der Waals surface area contributed by atoms with E-state index >= 15 is 0 Å². The summed E-state index contributed by atoms with van der Waals surface area (Å²) in [6.45, 7) is 0. The fourth-order valence-corrected chi connectivity index (χ4v) is 0.961. The molecule has 1 aliphatic rings. The van der Waals surface area contributed by atoms with Crippen LogP contribution < -0.4 is 0 Å². The van der Waals surface area contributed by atoms with Gasteiger partial charge in [-0.3, -0.25) is 0 Å². The molecule has 9 heavy (non-hydrogen) atoms. The molecule has 0 bridgehead atoms. The second-order valence-electron chi connectivity index (χ2n) is 2.03. The van der Waals surface area contributed by atoms with E-state index < -0.39 is 0 Å². The molecule has 2 nitrogen and oxygen atoms in total. The largest absolute Gasteiger partial charge is 0.198 e. The van der Waals surface area contributed by atoms with Gasteiger partial charge < -0.3 is 0 Å². The van der Waals surface area contributed by atoms with Crippen LogP contribution in [0.1, 0.15) is 12.8 Å². The second-order valence-corrected chi connectivity index (χ2v) is 2.03. The van der Waals surface area contributed by atoms with Gasteiger partial charge in [-0.05, 0) is 12.8 Å². The van der Waals surface area contributed by atoms with Gasteiger partial charge in [-0.15, -0.1) is 0 Å². The summed E-state index contributed by atoms with van der Waals surface area (Å²) in [5.74, 6) is -0.116. The maximum absolute atomic E-state index is 8.43. The van der Waals surface area contributed by atoms with Gasteiger partial charge in [0.1, 0.15) is 0 Å². The van der Waals surface area contributed by atoms with Crippen molar-refractivity contribution in [1.29, 1.82) is 10.5 Å². The first-order valence-corrected chi connectivity index (χ1v) is 2.88. The third kappa shape index (κ3) is 0.925. The van der Waals surface area contributed by atoms with Gasteiger partial charge in [-0.1, -0.05) is 6.08 Å². The predicted molar refractivity (Wildman–Crippen MR) is 32.0 cm³/mol. The minimum Gasteiger partial charge on any atom is -0.198 e. The van der Waals surface area contributed by atoms with E-state index in [9.17, 15) is 0 Å². The Labute approximate surface area is 54.0 Å². The maximum Gasteiger partial charge on any atom is 0.0957 e. The topological polar surface area (TPSA) is 47.6 Å². The first kappa shape index (κ1) is 5.85. The van der Waals surface area contributed by atoms with Crippen LogP contribution in [0.2, 0.25) is 0 Å². The molecule has 0 spiro atoms. The lowest BCUT2D eigenvalue weighted by atomic mass is 10.1. The zero-order chi connectivity index (χ0) is 6.69. The lowest BCUT2D eigenvalue weighted by Crippen LogP contribution is -1.91. The number of hydrogen-bond acceptors (Lipinski definition) is 2. The average molecular weight is 118 g/mol. The van der Waals surface area contributed by atoms with Gasteiger partial charge in [-0.2, -0.15) is 10.5 Å². The number of allylic oxidation sites excluding steroid dienone is 2. The monoisotopic (exact) mass is 118 g/mol. The van der Waals surface area contributed by atoms with Crippen molar-refractivity contribution in [2.45, 2.75) is 12.8 Å². The first-order valence-electron chi connectivity index (χ1n) is 2.88. The van der Waals surface area contributed by atoms with Gasteiger partial charge in [0.2, 0.25) is 0 Å². The first-order chi connectivity index (χ1) is 4.38. The molecule has 0 saturated heterocycles. The smallest absolute Gasteiger partial charge is 0.0957 e. The third-order valence-electron chi connectivity index (χ3n) is 1.48. The highest BCUT2D eigenvalue weighted by Gasteiger charge is 2.17. The standard InChI is InChI=1S/C7H6N2/c8-4-6-2-1-3-7(6)5-9/h2,7H,1,3H2. The SMILES string of the molecule is N#CC1=CCCC1C#N. The highest BCUT2D eigenvalue weighted by Crippen LogP contribution is 2.23. The molecule has 1 atom stereocenters. The van der Waals surface area contributed by atoms with Gasteiger partial charge >= 0.3 is 0 Å². The molecule has 1 unspecified atom stereocenters. The molecule has 0 aliphatic heterocycles. The van der Waals surface area contributed by atoms with Crippen LogP contribution in [0.3, 0.4) is 0 Å². The maximum atomic E-state index is 8.43. The molecule has 0 saturated carbocycles. The Balaban J connectivity index is 2.74. The van der Waals surface area contributed by atoms with E-state index in [0.717, 1.165) is 12.8 Å². The summed E-state index contributed by atoms with van der Waals surface area (Å²) < 4.78 is 0. The number of nitriles is 2. The third-order valence-corrected chi connectivity index (χ3v) is 1.48. The molecule has 0 heterocycles. The molecule has 0 amide bonds. The number of hydrogen-bond donors (Lipinski definition) is 0. The van der Waals surface area contributed by atoms with Gasteiger partial charge in [-0.25, -0.2) is 0 Å². The van der Waals surface area contributed by atoms with Crippen LogP contribution in [-0.4, -0.2) is 0 Å². The summed E-state index contributed by atoms with van der Waals surface area (Å²) >= 11 is 0. The van der Waals surface area contributed by atoms with E-state index in [1.807, 2.05) is 12.1 Å². The van der Waals surface area contributed by atoms with Crippen LogP contribution in [0.15, 0.2) is 11.6 Å². The highest BCUT2D eigenvalue weighted by molar-refractivity contribution is 5.31. The van der Waals surface area contributed by atoms with E-state index in [0.29, 0.717) is 5.57 Å². The van der Waals surface area contributed by atoms with Crippen molar-refractivity contribution in [3.63, 3.8) is 0 Å². The van der Waals surface area contributed by atoms with E-state index in [4.69, 9.17) is 10.5 Å². The average Bonchev–Trinajstić information content (AvgIpc) is 2.33. The Morgan fingerprint density at radius 3 is 2.78 bits per heavy atom. The Hall–Kier alpha value is -1.28. The molecule has 1 rings (SSSR count). The summed E-state index contributed by atoms with van der Waals surface area (Å²) in [6, 6.07) is 4.08. The highest BCUT2D eigenvalue weighted by atomic mass is 14.3. The molecule has 2 heteroatoms. The van der Waals surface area contributed by atoms with Crippen molar-refractivity contribution < 1.29 is 0 Å². The van der Waals surface area contributed by atoms with Crippen LogP contribution in [0.4, 0.5) is 0 Å². The fourth-order valence-electron chi connectivity index (χ4n) is 0.961. The predicted octanol–water partition coefficient (Wildman–Crippen LogP) is 1.37. The van der Waals surface area contributed by atoms with Crippen molar-refractivity contribution in [3.05, 3.63) is 11.6 Å². The Bertz CT molecular complexity index is 214. The summed E-state index contributed by atoms with van der Waals surface area (Å²) in [4.78, 5) is 0. The minimum atomic E-state index is -0.116. The Morgan fingerprint density at radius 2 is 2.33 bits per heavy atom.